The molecule has 2 rings (SSSR count). The van der Waals surface area contributed by atoms with Crippen LogP contribution in [-0.4, -0.2) is 22.4 Å². The minimum atomic E-state index is -4.82. The number of benzene rings is 1. The molecular weight excluding hydrogens is 279 g/mol. The summed E-state index contributed by atoms with van der Waals surface area (Å²) in [6.45, 7) is 0. The van der Waals surface area contributed by atoms with Crippen LogP contribution in [0.4, 0.5) is 13.2 Å². The molecule has 0 amide bonds. The van der Waals surface area contributed by atoms with Crippen LogP contribution in [0.5, 0.6) is 5.75 Å². The molecule has 0 unspecified atom stereocenters. The quantitative estimate of drug-likeness (QED) is 0.905. The Morgan fingerprint density at radius 3 is 2.60 bits per heavy atom. The van der Waals surface area contributed by atoms with Crippen molar-refractivity contribution in [2.24, 2.45) is 0 Å². The van der Waals surface area contributed by atoms with Crippen molar-refractivity contribution in [3.63, 3.8) is 0 Å². The number of fused-ring (bicyclic) bond motifs is 1. The third-order valence-corrected chi connectivity index (χ3v) is 2.47. The zero-order valence-electron chi connectivity index (χ0n) is 9.82. The molecule has 1 aromatic heterocycles. The predicted molar refractivity (Wildman–Crippen MR) is 62.6 cm³/mol. The minimum Gasteiger partial charge on any atom is -0.481 e. The molecule has 0 radical (unpaired) electrons. The van der Waals surface area contributed by atoms with Gasteiger partial charge in [-0.15, -0.1) is 13.2 Å². The minimum absolute atomic E-state index is 0.0471. The first-order valence-corrected chi connectivity index (χ1v) is 5.38. The van der Waals surface area contributed by atoms with E-state index in [-0.39, 0.29) is 10.9 Å². The molecule has 0 atom stereocenters. The number of hydrogen-bond donors (Lipinski definition) is 2. The van der Waals surface area contributed by atoms with E-state index in [1.54, 1.807) is 0 Å². The highest BCUT2D eigenvalue weighted by atomic mass is 19.4. The molecule has 1 aromatic carbocycles. The molecule has 5 nitrogen and oxygen atoms in total. The predicted octanol–water partition coefficient (Wildman–Crippen LogP) is 2.05. The van der Waals surface area contributed by atoms with Gasteiger partial charge in [-0.1, -0.05) is 0 Å². The Morgan fingerprint density at radius 2 is 2.00 bits per heavy atom. The van der Waals surface area contributed by atoms with Gasteiger partial charge in [0.05, 0.1) is 6.42 Å². The molecule has 0 saturated heterocycles. The van der Waals surface area contributed by atoms with Crippen molar-refractivity contribution in [2.45, 2.75) is 12.8 Å². The first-order valence-electron chi connectivity index (χ1n) is 5.38. The molecule has 0 aliphatic carbocycles. The second kappa shape index (κ2) is 4.87. The number of hydrogen-bond acceptors (Lipinski definition) is 3. The van der Waals surface area contributed by atoms with E-state index in [1.807, 2.05) is 0 Å². The van der Waals surface area contributed by atoms with E-state index < -0.39 is 30.1 Å². The molecule has 8 heteroatoms. The van der Waals surface area contributed by atoms with Gasteiger partial charge in [0.2, 0.25) is 0 Å². The normalized spacial score (nSPS) is 11.6. The van der Waals surface area contributed by atoms with Crippen molar-refractivity contribution < 1.29 is 27.8 Å². The maximum atomic E-state index is 12.1. The molecular formula is C12H8F3NO4. The Balaban J connectivity index is 2.47. The second-order valence-electron chi connectivity index (χ2n) is 3.99. The summed E-state index contributed by atoms with van der Waals surface area (Å²) < 4.78 is 40.0. The van der Waals surface area contributed by atoms with Gasteiger partial charge >= 0.3 is 12.3 Å². The lowest BCUT2D eigenvalue weighted by molar-refractivity contribution is -0.274. The number of aliphatic carboxylic acids is 1. The molecule has 0 aliphatic rings. The number of carboxylic acid groups (broad SMARTS) is 1. The van der Waals surface area contributed by atoms with Crippen LogP contribution in [0.2, 0.25) is 0 Å². The Kier molecular flexibility index (Phi) is 3.39. The zero-order chi connectivity index (χ0) is 14.9. The lowest BCUT2D eigenvalue weighted by Gasteiger charge is -2.09. The largest absolute Gasteiger partial charge is 0.573 e. The summed E-state index contributed by atoms with van der Waals surface area (Å²) in [6.07, 6.45) is -5.34. The van der Waals surface area contributed by atoms with E-state index in [2.05, 4.69) is 9.72 Å². The summed E-state index contributed by atoms with van der Waals surface area (Å²) in [4.78, 5) is 24.5. The number of alkyl halides is 3. The van der Waals surface area contributed by atoms with E-state index in [9.17, 15) is 22.8 Å². The summed E-state index contributed by atoms with van der Waals surface area (Å²) in [5, 5.41) is 8.90. The van der Waals surface area contributed by atoms with Gasteiger partial charge < -0.3 is 14.8 Å². The molecule has 2 aromatic rings. The number of aromatic nitrogens is 1. The Morgan fingerprint density at radius 1 is 1.30 bits per heavy atom. The van der Waals surface area contributed by atoms with Crippen molar-refractivity contribution in [2.75, 3.05) is 0 Å². The third-order valence-electron chi connectivity index (χ3n) is 2.47. The molecule has 0 spiro atoms. The summed E-state index contributed by atoms with van der Waals surface area (Å²) in [5.41, 5.74) is -0.350. The molecule has 0 fully saturated rings. The van der Waals surface area contributed by atoms with E-state index in [0.29, 0.717) is 5.52 Å². The maximum Gasteiger partial charge on any atom is 0.573 e. The Labute approximate surface area is 109 Å². The molecule has 2 N–H and O–H groups in total. The number of H-pyrrole nitrogens is 1. The summed E-state index contributed by atoms with van der Waals surface area (Å²) in [5.74, 6) is -1.66. The van der Waals surface area contributed by atoms with Crippen LogP contribution in [0.1, 0.15) is 5.56 Å². The van der Waals surface area contributed by atoms with Crippen molar-refractivity contribution in [3.05, 3.63) is 40.2 Å². The zero-order valence-corrected chi connectivity index (χ0v) is 9.82. The van der Waals surface area contributed by atoms with Gasteiger partial charge in [0.15, 0.2) is 0 Å². The van der Waals surface area contributed by atoms with Crippen molar-refractivity contribution in [3.8, 4) is 5.75 Å². The first kappa shape index (κ1) is 13.9. The molecule has 1 heterocycles. The van der Waals surface area contributed by atoms with Crippen LogP contribution in [-0.2, 0) is 11.2 Å². The van der Waals surface area contributed by atoms with Crippen LogP contribution < -0.4 is 10.3 Å². The van der Waals surface area contributed by atoms with Crippen LogP contribution >= 0.6 is 0 Å². The van der Waals surface area contributed by atoms with Crippen molar-refractivity contribution >= 4 is 16.9 Å². The highest BCUT2D eigenvalue weighted by Crippen LogP contribution is 2.25. The monoisotopic (exact) mass is 287 g/mol. The van der Waals surface area contributed by atoms with E-state index in [4.69, 9.17) is 5.11 Å². The highest BCUT2D eigenvalue weighted by Gasteiger charge is 2.31. The van der Waals surface area contributed by atoms with Gasteiger partial charge in [-0.05, 0) is 24.3 Å². The van der Waals surface area contributed by atoms with Gasteiger partial charge in [0, 0.05) is 16.5 Å². The van der Waals surface area contributed by atoms with E-state index in [1.165, 1.54) is 12.1 Å². The molecule has 0 bridgehead atoms. The fourth-order valence-electron chi connectivity index (χ4n) is 1.72. The Hall–Kier alpha value is -2.51. The topological polar surface area (TPSA) is 79.4 Å². The Bertz CT molecular complexity index is 721. The third kappa shape index (κ3) is 3.28. The smallest absolute Gasteiger partial charge is 0.481 e. The summed E-state index contributed by atoms with van der Waals surface area (Å²) in [6, 6.07) is 4.61. The van der Waals surface area contributed by atoms with Gasteiger partial charge in [-0.25, -0.2) is 0 Å². The number of halogens is 3. The van der Waals surface area contributed by atoms with Gasteiger partial charge in [-0.2, -0.15) is 0 Å². The summed E-state index contributed by atoms with van der Waals surface area (Å²) in [7, 11) is 0. The average molecular weight is 287 g/mol. The number of ether oxygens (including phenoxy) is 1. The lowest BCUT2D eigenvalue weighted by Crippen LogP contribution is -2.17. The number of nitrogens with one attached hydrogen (secondary N) is 1. The highest BCUT2D eigenvalue weighted by molar-refractivity contribution is 5.81. The standard InChI is InChI=1S/C12H8F3NO4/c13-12(14,15)20-8-1-2-9-6(4-8)3-7(5-10(17)18)11(19)16-9/h1-4H,5H2,(H,16,19)(H,17,18). The van der Waals surface area contributed by atoms with Gasteiger partial charge in [-0.3, -0.25) is 9.59 Å². The van der Waals surface area contributed by atoms with E-state index in [0.717, 1.165) is 12.1 Å². The molecule has 106 valence electrons. The van der Waals surface area contributed by atoms with E-state index >= 15 is 0 Å². The SMILES string of the molecule is O=C(O)Cc1cc2cc(OC(F)(F)F)ccc2[nH]c1=O. The molecule has 0 saturated carbocycles. The fourth-order valence-corrected chi connectivity index (χ4v) is 1.72. The van der Waals surface area contributed by atoms with Crippen LogP contribution in [0, 0.1) is 0 Å². The van der Waals surface area contributed by atoms with Crippen LogP contribution in [0.25, 0.3) is 10.9 Å². The summed E-state index contributed by atoms with van der Waals surface area (Å²) >= 11 is 0. The molecule has 0 aliphatic heterocycles. The lowest BCUT2D eigenvalue weighted by atomic mass is 10.1. The van der Waals surface area contributed by atoms with Crippen LogP contribution in [0.3, 0.4) is 0 Å². The van der Waals surface area contributed by atoms with Crippen molar-refractivity contribution in [1.82, 2.24) is 4.98 Å². The van der Waals surface area contributed by atoms with Crippen molar-refractivity contribution in [1.29, 1.82) is 0 Å². The number of pyridine rings is 1. The van der Waals surface area contributed by atoms with Gasteiger partial charge in [0.1, 0.15) is 5.75 Å². The number of rotatable bonds is 3. The first-order chi connectivity index (χ1) is 9.24. The fraction of sp³-hybridized carbons (Fsp3) is 0.167. The number of aromatic amines is 1. The average Bonchev–Trinajstić information content (AvgIpc) is 2.28. The van der Waals surface area contributed by atoms with Crippen LogP contribution in [0.15, 0.2) is 29.1 Å². The second-order valence-corrected chi connectivity index (χ2v) is 3.99. The maximum absolute atomic E-state index is 12.1. The molecule has 20 heavy (non-hydrogen) atoms. The number of carbonyl (C=O) groups is 1. The number of carboxylic acids is 1. The van der Waals surface area contributed by atoms with Gasteiger partial charge in [0.25, 0.3) is 5.56 Å².